The number of hydrogen-bond donors (Lipinski definition) is 1. The molecule has 21 heavy (non-hydrogen) atoms. The Morgan fingerprint density at radius 3 is 2.71 bits per heavy atom. The largest absolute Gasteiger partial charge is 0.396 e. The average Bonchev–Trinajstić information content (AvgIpc) is 2.42. The molecule has 0 atom stereocenters. The third-order valence-electron chi connectivity index (χ3n) is 3.68. The second-order valence-corrected chi connectivity index (χ2v) is 6.13. The molecular weight excluding hydrogens is 300 g/mol. The van der Waals surface area contributed by atoms with Crippen LogP contribution in [0, 0.1) is 5.41 Å². The van der Waals surface area contributed by atoms with Gasteiger partial charge in [0, 0.05) is 28.9 Å². The fourth-order valence-electron chi connectivity index (χ4n) is 2.57. The van der Waals surface area contributed by atoms with Gasteiger partial charge in [-0.2, -0.15) is 0 Å². The molecule has 1 fully saturated rings. The third-order valence-corrected chi connectivity index (χ3v) is 3.91. The van der Waals surface area contributed by atoms with Crippen molar-refractivity contribution in [1.29, 1.82) is 0 Å². The maximum Gasteiger partial charge on any atom is 0.297 e. The second kappa shape index (κ2) is 5.03. The summed E-state index contributed by atoms with van der Waals surface area (Å²) in [6.45, 7) is 3.11. The lowest BCUT2D eigenvalue weighted by molar-refractivity contribution is 0.110. The van der Waals surface area contributed by atoms with E-state index < -0.39 is 12.2 Å². The lowest BCUT2D eigenvalue weighted by Crippen LogP contribution is -2.57. The first-order valence-electron chi connectivity index (χ1n) is 6.53. The predicted octanol–water partition coefficient (Wildman–Crippen LogP) is 3.04. The molecule has 0 radical (unpaired) electrons. The van der Waals surface area contributed by atoms with Crippen molar-refractivity contribution in [2.24, 2.45) is 5.41 Å². The van der Waals surface area contributed by atoms with Crippen LogP contribution in [0.3, 0.4) is 0 Å². The Kier molecular flexibility index (Phi) is 3.45. The zero-order chi connectivity index (χ0) is 15.2. The van der Waals surface area contributed by atoms with E-state index in [-0.39, 0.29) is 12.0 Å². The van der Waals surface area contributed by atoms with Crippen LogP contribution in [0.1, 0.15) is 19.2 Å². The summed E-state index contributed by atoms with van der Waals surface area (Å²) in [5.74, 6) is -0.0406. The van der Waals surface area contributed by atoms with Crippen molar-refractivity contribution in [2.75, 3.05) is 24.6 Å². The molecule has 112 valence electrons. The van der Waals surface area contributed by atoms with Crippen LogP contribution in [-0.2, 0) is 0 Å². The maximum atomic E-state index is 12.9. The number of aliphatic hydroxyl groups is 1. The summed E-state index contributed by atoms with van der Waals surface area (Å²) in [6.07, 6.45) is -2.73. The molecule has 0 unspecified atom stereocenters. The number of alkyl halides is 2. The van der Waals surface area contributed by atoms with Crippen molar-refractivity contribution in [3.63, 3.8) is 0 Å². The molecule has 0 saturated carbocycles. The first kappa shape index (κ1) is 14.4. The summed E-state index contributed by atoms with van der Waals surface area (Å²) in [4.78, 5) is 9.73. The molecule has 1 aliphatic heterocycles. The lowest BCUT2D eigenvalue weighted by atomic mass is 9.83. The number of halogens is 3. The van der Waals surface area contributed by atoms with Crippen LogP contribution in [-0.4, -0.2) is 34.8 Å². The SMILES string of the molecule is CC1(CO)CN(c2nc(C(F)F)nc3ccc(Cl)cc23)C1. The minimum absolute atomic E-state index is 0.0506. The summed E-state index contributed by atoms with van der Waals surface area (Å²) in [6, 6.07) is 4.90. The molecule has 1 N–H and O–H groups in total. The Labute approximate surface area is 125 Å². The second-order valence-electron chi connectivity index (χ2n) is 5.69. The third kappa shape index (κ3) is 2.53. The van der Waals surface area contributed by atoms with Crippen molar-refractivity contribution in [3.05, 3.63) is 29.0 Å². The molecular formula is C14H14ClF2N3O. The quantitative estimate of drug-likeness (QED) is 0.946. The molecule has 0 spiro atoms. The van der Waals surface area contributed by atoms with Gasteiger partial charge in [-0.1, -0.05) is 18.5 Å². The Morgan fingerprint density at radius 2 is 2.10 bits per heavy atom. The van der Waals surface area contributed by atoms with Gasteiger partial charge in [0.15, 0.2) is 5.82 Å². The topological polar surface area (TPSA) is 49.2 Å². The van der Waals surface area contributed by atoms with Crippen LogP contribution in [0.2, 0.25) is 5.02 Å². The molecule has 0 bridgehead atoms. The predicted molar refractivity (Wildman–Crippen MR) is 76.9 cm³/mol. The zero-order valence-corrected chi connectivity index (χ0v) is 12.1. The monoisotopic (exact) mass is 313 g/mol. The maximum absolute atomic E-state index is 12.9. The number of aliphatic hydroxyl groups excluding tert-OH is 1. The Bertz CT molecular complexity index is 689. The normalized spacial score (nSPS) is 17.3. The van der Waals surface area contributed by atoms with E-state index in [2.05, 4.69) is 9.97 Å². The van der Waals surface area contributed by atoms with Crippen LogP contribution >= 0.6 is 11.6 Å². The molecule has 1 aromatic heterocycles. The summed E-state index contributed by atoms with van der Waals surface area (Å²) >= 11 is 5.98. The summed E-state index contributed by atoms with van der Waals surface area (Å²) in [5.41, 5.74) is 0.221. The van der Waals surface area contributed by atoms with Crippen LogP contribution in [0.25, 0.3) is 10.9 Å². The highest BCUT2D eigenvalue weighted by atomic mass is 35.5. The van der Waals surface area contributed by atoms with Gasteiger partial charge in [0.05, 0.1) is 12.1 Å². The number of aromatic nitrogens is 2. The minimum atomic E-state index is -2.73. The molecule has 3 rings (SSSR count). The van der Waals surface area contributed by atoms with E-state index in [1.54, 1.807) is 18.2 Å². The van der Waals surface area contributed by atoms with Crippen LogP contribution in [0.15, 0.2) is 18.2 Å². The lowest BCUT2D eigenvalue weighted by Gasteiger charge is -2.48. The first-order valence-corrected chi connectivity index (χ1v) is 6.91. The van der Waals surface area contributed by atoms with Crippen molar-refractivity contribution < 1.29 is 13.9 Å². The van der Waals surface area contributed by atoms with Gasteiger partial charge < -0.3 is 10.0 Å². The van der Waals surface area contributed by atoms with Gasteiger partial charge in [-0.15, -0.1) is 0 Å². The molecule has 2 aromatic rings. The minimum Gasteiger partial charge on any atom is -0.396 e. The van der Waals surface area contributed by atoms with E-state index in [9.17, 15) is 13.9 Å². The first-order chi connectivity index (χ1) is 9.92. The smallest absolute Gasteiger partial charge is 0.297 e. The van der Waals surface area contributed by atoms with E-state index in [1.165, 1.54) is 0 Å². The van der Waals surface area contributed by atoms with Gasteiger partial charge in [-0.25, -0.2) is 18.7 Å². The number of fused-ring (bicyclic) bond motifs is 1. The molecule has 1 aliphatic rings. The van der Waals surface area contributed by atoms with E-state index in [1.807, 2.05) is 11.8 Å². The Balaban J connectivity index is 2.09. The number of anilines is 1. The summed E-state index contributed by atoms with van der Waals surface area (Å²) < 4.78 is 25.9. The number of nitrogens with zero attached hydrogens (tertiary/aromatic N) is 3. The average molecular weight is 314 g/mol. The van der Waals surface area contributed by atoms with Crippen LogP contribution in [0.4, 0.5) is 14.6 Å². The molecule has 4 nitrogen and oxygen atoms in total. The van der Waals surface area contributed by atoms with Crippen LogP contribution in [0.5, 0.6) is 0 Å². The fraction of sp³-hybridized carbons (Fsp3) is 0.429. The van der Waals surface area contributed by atoms with Gasteiger partial charge >= 0.3 is 0 Å². The highest BCUT2D eigenvalue weighted by molar-refractivity contribution is 6.31. The molecule has 0 amide bonds. The van der Waals surface area contributed by atoms with Gasteiger partial charge in [-0.05, 0) is 18.2 Å². The summed E-state index contributed by atoms with van der Waals surface area (Å²) in [5, 5.41) is 10.5. The Hall–Kier alpha value is -1.53. The van der Waals surface area contributed by atoms with Crippen molar-refractivity contribution in [1.82, 2.24) is 9.97 Å². The molecule has 2 heterocycles. The van der Waals surface area contributed by atoms with E-state index in [4.69, 9.17) is 11.6 Å². The van der Waals surface area contributed by atoms with E-state index in [0.717, 1.165) is 0 Å². The van der Waals surface area contributed by atoms with E-state index in [0.29, 0.717) is 34.8 Å². The fourth-order valence-corrected chi connectivity index (χ4v) is 2.74. The van der Waals surface area contributed by atoms with Gasteiger partial charge in [0.1, 0.15) is 5.82 Å². The molecule has 1 saturated heterocycles. The number of benzene rings is 1. The number of hydrogen-bond acceptors (Lipinski definition) is 4. The van der Waals surface area contributed by atoms with Gasteiger partial charge in [-0.3, -0.25) is 0 Å². The molecule has 0 aliphatic carbocycles. The standard InChI is InChI=1S/C14H14ClF2N3O/c1-14(7-21)5-20(6-14)13-9-4-8(15)2-3-10(9)18-12(19-13)11(16)17/h2-4,11,21H,5-7H2,1H3. The van der Waals surface area contributed by atoms with Gasteiger partial charge in [0.2, 0.25) is 0 Å². The zero-order valence-electron chi connectivity index (χ0n) is 11.4. The van der Waals surface area contributed by atoms with Crippen molar-refractivity contribution in [3.8, 4) is 0 Å². The van der Waals surface area contributed by atoms with Crippen LogP contribution < -0.4 is 4.90 Å². The van der Waals surface area contributed by atoms with E-state index >= 15 is 0 Å². The molecule has 1 aromatic carbocycles. The molecule has 7 heteroatoms. The Morgan fingerprint density at radius 1 is 1.38 bits per heavy atom. The van der Waals surface area contributed by atoms with Gasteiger partial charge in [0.25, 0.3) is 6.43 Å². The highest BCUT2D eigenvalue weighted by Crippen LogP contribution is 2.37. The van der Waals surface area contributed by atoms with Crippen molar-refractivity contribution in [2.45, 2.75) is 13.3 Å². The van der Waals surface area contributed by atoms with Crippen molar-refractivity contribution >= 4 is 28.3 Å². The number of rotatable bonds is 3. The summed E-state index contributed by atoms with van der Waals surface area (Å²) in [7, 11) is 0. The highest BCUT2D eigenvalue weighted by Gasteiger charge is 2.39.